The van der Waals surface area contributed by atoms with Crippen molar-refractivity contribution in [1.29, 1.82) is 0 Å². The molecule has 0 unspecified atom stereocenters. The summed E-state index contributed by atoms with van der Waals surface area (Å²) in [4.78, 5) is 26.2. The summed E-state index contributed by atoms with van der Waals surface area (Å²) in [6, 6.07) is 30.4. The molecule has 5 nitrogen and oxygen atoms in total. The summed E-state index contributed by atoms with van der Waals surface area (Å²) in [5, 5.41) is 2.04. The fraction of sp³-hybridized carbons (Fsp3) is 0.353. The van der Waals surface area contributed by atoms with Crippen LogP contribution in [0.5, 0.6) is 0 Å². The van der Waals surface area contributed by atoms with E-state index in [1.54, 1.807) is 19.9 Å². The summed E-state index contributed by atoms with van der Waals surface area (Å²) in [5.41, 5.74) is 0.983. The number of rotatable bonds is 14. The van der Waals surface area contributed by atoms with E-state index in [1.165, 1.54) is 0 Å². The highest BCUT2D eigenvalue weighted by Gasteiger charge is 2.50. The van der Waals surface area contributed by atoms with Crippen LogP contribution >= 0.6 is 0 Å². The van der Waals surface area contributed by atoms with E-state index in [-0.39, 0.29) is 18.3 Å². The normalized spacial score (nSPS) is 13.4. The summed E-state index contributed by atoms with van der Waals surface area (Å²) in [6.45, 7) is 14.7. The van der Waals surface area contributed by atoms with Gasteiger partial charge in [0.25, 0.3) is 8.32 Å². The van der Waals surface area contributed by atoms with Crippen LogP contribution in [0.25, 0.3) is 0 Å². The molecule has 3 aromatic rings. The van der Waals surface area contributed by atoms with E-state index in [1.807, 2.05) is 66.7 Å². The van der Waals surface area contributed by atoms with Gasteiger partial charge in [-0.05, 0) is 34.8 Å². The Kier molecular flexibility index (Phi) is 11.2. The fourth-order valence-corrected chi connectivity index (χ4v) is 9.62. The standard InChI is InChI=1S/C34H42O5Si/c1-7-28(31(32(35)33(36)39-26(2)3)25-37-23-27-17-11-8-12-18-27)24-38-40(34(4,5)6,29-19-13-9-14-20-29)30-21-15-10-16-22-30/h7-22,26,28,31H,1,23-25H2,2-6H3/t28-,31-/m0/s1. The first-order chi connectivity index (χ1) is 19.1. The minimum Gasteiger partial charge on any atom is -0.457 e. The predicted molar refractivity (Wildman–Crippen MR) is 163 cm³/mol. The molecule has 3 rings (SSSR count). The van der Waals surface area contributed by atoms with Crippen LogP contribution in [-0.2, 0) is 30.1 Å². The second-order valence-corrected chi connectivity index (χ2v) is 15.6. The summed E-state index contributed by atoms with van der Waals surface area (Å²) in [6.07, 6.45) is 1.30. The molecule has 3 aromatic carbocycles. The Labute approximate surface area is 240 Å². The van der Waals surface area contributed by atoms with Gasteiger partial charge in [-0.3, -0.25) is 4.79 Å². The maximum atomic E-state index is 13.4. The Bertz CT molecular complexity index is 1180. The third-order valence-electron chi connectivity index (χ3n) is 7.02. The third kappa shape index (κ3) is 7.66. The smallest absolute Gasteiger partial charge is 0.375 e. The molecule has 0 N–H and O–H groups in total. The number of ether oxygens (including phenoxy) is 2. The van der Waals surface area contributed by atoms with Gasteiger partial charge in [-0.25, -0.2) is 4.79 Å². The van der Waals surface area contributed by atoms with E-state index in [2.05, 4.69) is 51.6 Å². The Morgan fingerprint density at radius 1 is 0.825 bits per heavy atom. The van der Waals surface area contributed by atoms with Gasteiger partial charge in [0.2, 0.25) is 5.78 Å². The first-order valence-corrected chi connectivity index (χ1v) is 15.7. The average Bonchev–Trinajstić information content (AvgIpc) is 2.94. The number of hydrogen-bond donors (Lipinski definition) is 0. The quantitative estimate of drug-likeness (QED) is 0.110. The van der Waals surface area contributed by atoms with Crippen LogP contribution in [0.1, 0.15) is 40.2 Å². The van der Waals surface area contributed by atoms with Gasteiger partial charge in [-0.1, -0.05) is 118 Å². The average molecular weight is 559 g/mol. The first-order valence-electron chi connectivity index (χ1n) is 13.8. The van der Waals surface area contributed by atoms with Crippen LogP contribution in [0, 0.1) is 11.8 Å². The summed E-state index contributed by atoms with van der Waals surface area (Å²) in [7, 11) is -2.86. The van der Waals surface area contributed by atoms with Gasteiger partial charge in [0.1, 0.15) is 0 Å². The Morgan fingerprint density at radius 2 is 1.32 bits per heavy atom. The van der Waals surface area contributed by atoms with Gasteiger partial charge >= 0.3 is 5.97 Å². The van der Waals surface area contributed by atoms with Crippen molar-refractivity contribution in [2.24, 2.45) is 11.8 Å². The van der Waals surface area contributed by atoms with Crippen LogP contribution in [0.3, 0.4) is 0 Å². The molecule has 0 aliphatic carbocycles. The molecule has 6 heteroatoms. The summed E-state index contributed by atoms with van der Waals surface area (Å²) in [5.74, 6) is -2.76. The molecule has 0 amide bonds. The fourth-order valence-electron chi connectivity index (χ4n) is 5.03. The monoisotopic (exact) mass is 558 g/mol. The lowest BCUT2D eigenvalue weighted by atomic mass is 9.89. The van der Waals surface area contributed by atoms with Crippen LogP contribution in [0.4, 0.5) is 0 Å². The molecule has 0 bridgehead atoms. The Hall–Kier alpha value is -3.32. The minimum atomic E-state index is -2.86. The number of benzene rings is 3. The van der Waals surface area contributed by atoms with Crippen LogP contribution in [0.2, 0.25) is 5.04 Å². The van der Waals surface area contributed by atoms with Crippen molar-refractivity contribution >= 4 is 30.4 Å². The van der Waals surface area contributed by atoms with E-state index in [4.69, 9.17) is 13.9 Å². The molecule has 212 valence electrons. The number of esters is 1. The molecular weight excluding hydrogens is 516 g/mol. The number of Topliss-reactive ketones (excluding diaryl/α,β-unsaturated/α-hetero) is 1. The molecule has 40 heavy (non-hydrogen) atoms. The maximum absolute atomic E-state index is 13.4. The third-order valence-corrected chi connectivity index (χ3v) is 12.0. The van der Waals surface area contributed by atoms with Crippen molar-refractivity contribution in [1.82, 2.24) is 0 Å². The number of hydrogen-bond acceptors (Lipinski definition) is 5. The number of carbonyl (C=O) groups excluding carboxylic acids is 2. The maximum Gasteiger partial charge on any atom is 0.375 e. The highest BCUT2D eigenvalue weighted by atomic mass is 28.4. The van der Waals surface area contributed by atoms with Gasteiger partial charge in [0.05, 0.1) is 25.2 Å². The zero-order chi connectivity index (χ0) is 29.2. The zero-order valence-corrected chi connectivity index (χ0v) is 25.3. The molecule has 0 spiro atoms. The Balaban J connectivity index is 1.95. The van der Waals surface area contributed by atoms with Crippen molar-refractivity contribution in [2.45, 2.75) is 52.4 Å². The molecule has 0 saturated carbocycles. The lowest BCUT2D eigenvalue weighted by Crippen LogP contribution is -2.67. The minimum absolute atomic E-state index is 0.0434. The molecule has 0 fully saturated rings. The van der Waals surface area contributed by atoms with Gasteiger partial charge in [-0.15, -0.1) is 6.58 Å². The van der Waals surface area contributed by atoms with E-state index >= 15 is 0 Å². The second-order valence-electron chi connectivity index (χ2n) is 11.3. The summed E-state index contributed by atoms with van der Waals surface area (Å²) < 4.78 is 18.4. The van der Waals surface area contributed by atoms with E-state index < -0.39 is 38.0 Å². The molecule has 0 aliphatic heterocycles. The van der Waals surface area contributed by atoms with Crippen LogP contribution in [0.15, 0.2) is 104 Å². The molecule has 0 aromatic heterocycles. The van der Waals surface area contributed by atoms with Crippen molar-refractivity contribution in [3.63, 3.8) is 0 Å². The molecule has 2 atom stereocenters. The van der Waals surface area contributed by atoms with E-state index in [0.717, 1.165) is 15.9 Å². The van der Waals surface area contributed by atoms with Crippen LogP contribution in [-0.4, -0.2) is 39.4 Å². The van der Waals surface area contributed by atoms with E-state index in [0.29, 0.717) is 6.61 Å². The largest absolute Gasteiger partial charge is 0.457 e. The number of carbonyl (C=O) groups is 2. The molecular formula is C34H42O5Si. The second kappa shape index (κ2) is 14.4. The predicted octanol–water partition coefficient (Wildman–Crippen LogP) is 5.72. The lowest BCUT2D eigenvalue weighted by molar-refractivity contribution is -0.160. The van der Waals surface area contributed by atoms with Crippen molar-refractivity contribution in [3.8, 4) is 0 Å². The molecule has 0 heterocycles. The van der Waals surface area contributed by atoms with Crippen molar-refractivity contribution in [3.05, 3.63) is 109 Å². The lowest BCUT2D eigenvalue weighted by Gasteiger charge is -2.44. The highest BCUT2D eigenvalue weighted by Crippen LogP contribution is 2.37. The SMILES string of the molecule is C=C[C@@H](CO[Si](c1ccccc1)(c1ccccc1)C(C)(C)C)[C@H](COCc1ccccc1)C(=O)C(=O)OC(C)C. The molecule has 0 aliphatic rings. The number of ketones is 1. The topological polar surface area (TPSA) is 61.8 Å². The Morgan fingerprint density at radius 3 is 1.77 bits per heavy atom. The molecule has 0 radical (unpaired) electrons. The van der Waals surface area contributed by atoms with Crippen molar-refractivity contribution in [2.75, 3.05) is 13.2 Å². The summed E-state index contributed by atoms with van der Waals surface area (Å²) >= 11 is 0. The zero-order valence-electron chi connectivity index (χ0n) is 24.3. The van der Waals surface area contributed by atoms with Gasteiger partial charge in [0.15, 0.2) is 0 Å². The van der Waals surface area contributed by atoms with Gasteiger partial charge in [0, 0.05) is 12.5 Å². The van der Waals surface area contributed by atoms with Gasteiger partial charge < -0.3 is 13.9 Å². The first kappa shape index (κ1) is 31.2. The van der Waals surface area contributed by atoms with E-state index in [9.17, 15) is 9.59 Å². The van der Waals surface area contributed by atoms with Gasteiger partial charge in [-0.2, -0.15) is 0 Å². The highest BCUT2D eigenvalue weighted by molar-refractivity contribution is 6.99. The van der Waals surface area contributed by atoms with Crippen molar-refractivity contribution < 1.29 is 23.5 Å². The van der Waals surface area contributed by atoms with Crippen LogP contribution < -0.4 is 10.4 Å². The molecule has 0 saturated heterocycles.